The molecule has 0 aromatic rings. The fraction of sp³-hybridized carbons (Fsp3) is 0.909. The van der Waals surface area contributed by atoms with Gasteiger partial charge in [-0.3, -0.25) is 4.79 Å². The first-order valence-corrected chi connectivity index (χ1v) is 16.1. The van der Waals surface area contributed by atoms with Crippen LogP contribution in [-0.4, -0.2) is 65.5 Å². The van der Waals surface area contributed by atoms with Gasteiger partial charge in [-0.15, -0.1) is 0 Å². The molecule has 1 atom stereocenters. The van der Waals surface area contributed by atoms with Crippen molar-refractivity contribution in [3.05, 3.63) is 0 Å². The van der Waals surface area contributed by atoms with Crippen LogP contribution < -0.4 is 0 Å². The number of aliphatic hydroxyl groups excluding tert-OH is 1. The minimum Gasteiger partial charge on any atom is -0.481 e. The monoisotopic (exact) mass is 468 g/mol. The fourth-order valence-corrected chi connectivity index (χ4v) is 9.09. The third-order valence-corrected chi connectivity index (χ3v) is 11.7. The molecular weight excluding hydrogens is 422 g/mol. The lowest BCUT2D eigenvalue weighted by Gasteiger charge is -2.17. The number of aliphatic hydroxyl groups is 1. The van der Waals surface area contributed by atoms with Crippen molar-refractivity contribution >= 4 is 26.0 Å². The smallest absolute Gasteiger partial charge is 0.303 e. The normalized spacial score (nSPS) is 13.2. The molecule has 8 heteroatoms. The van der Waals surface area contributed by atoms with Crippen LogP contribution >= 0.6 is 14.3 Å². The molecule has 0 aliphatic rings. The molecule has 0 radical (unpaired) electrons. The summed E-state index contributed by atoms with van der Waals surface area (Å²) in [6.45, 7) is 7.93. The maximum atomic E-state index is 12.4. The number of carbonyl (C=O) groups excluding carboxylic acids is 1. The van der Waals surface area contributed by atoms with Gasteiger partial charge in [-0.2, -0.15) is 0 Å². The summed E-state index contributed by atoms with van der Waals surface area (Å²) in [6, 6.07) is 0. The number of unbranched alkanes of at least 4 members (excludes halogenated alkanes) is 3. The predicted molar refractivity (Wildman–Crippen MR) is 128 cm³/mol. The molecule has 0 aromatic carbocycles. The number of Topliss-reactive ketones (excluding diaryl/α,β-unsaturated/α-hetero) is 1. The molecule has 0 spiro atoms. The molecule has 0 fully saturated rings. The highest BCUT2D eigenvalue weighted by molar-refractivity contribution is 7.64. The van der Waals surface area contributed by atoms with Crippen LogP contribution in [0.3, 0.4) is 0 Å². The van der Waals surface area contributed by atoms with E-state index in [0.29, 0.717) is 25.2 Å². The molecule has 1 unspecified atom stereocenters. The lowest BCUT2D eigenvalue weighted by atomic mass is 10.4. The van der Waals surface area contributed by atoms with E-state index in [0.717, 1.165) is 57.0 Å². The summed E-state index contributed by atoms with van der Waals surface area (Å²) in [4.78, 5) is 21.3. The Morgan fingerprint density at radius 3 is 1.37 bits per heavy atom. The molecule has 30 heavy (non-hydrogen) atoms. The second-order valence-electron chi connectivity index (χ2n) is 8.19. The topological polar surface area (TPSA) is 109 Å². The van der Waals surface area contributed by atoms with Gasteiger partial charge in [0.15, 0.2) is 0 Å². The van der Waals surface area contributed by atoms with Crippen molar-refractivity contribution in [3.63, 3.8) is 0 Å². The summed E-state index contributed by atoms with van der Waals surface area (Å²) in [6.07, 6.45) is 10.9. The number of rotatable bonds is 18. The van der Waals surface area contributed by atoms with E-state index < -0.39 is 20.3 Å². The maximum absolute atomic E-state index is 12.4. The zero-order chi connectivity index (χ0) is 23.5. The van der Waals surface area contributed by atoms with E-state index in [1.165, 1.54) is 6.92 Å². The summed E-state index contributed by atoms with van der Waals surface area (Å²) in [5.41, 5.74) is 0. The molecule has 0 heterocycles. The summed E-state index contributed by atoms with van der Waals surface area (Å²) in [5, 5.41) is 17.4. The average Bonchev–Trinajstić information content (AvgIpc) is 2.71. The quantitative estimate of drug-likeness (QED) is 0.241. The van der Waals surface area contributed by atoms with Gasteiger partial charge in [0, 0.05) is 50.0 Å². The van der Waals surface area contributed by atoms with E-state index in [2.05, 4.69) is 13.8 Å². The predicted octanol–water partition coefficient (Wildman–Crippen LogP) is 5.94. The van der Waals surface area contributed by atoms with E-state index in [1.807, 2.05) is 6.92 Å². The largest absolute Gasteiger partial charge is 0.481 e. The van der Waals surface area contributed by atoms with Crippen molar-refractivity contribution in [2.24, 2.45) is 0 Å². The number of hydrogen-bond acceptors (Lipinski definition) is 5. The Labute approximate surface area is 184 Å². The molecule has 0 aliphatic carbocycles. The van der Waals surface area contributed by atoms with Crippen LogP contribution in [0.15, 0.2) is 0 Å². The van der Waals surface area contributed by atoms with E-state index in [1.54, 1.807) is 0 Å². The SMILES string of the molecule is CCCCP(=O)(CCC(C)=O)CCC(=O)O.CCCCP(=O)(CCCC)CCCO. The fourth-order valence-electron chi connectivity index (χ4n) is 3.03. The van der Waals surface area contributed by atoms with Gasteiger partial charge in [0.05, 0.1) is 20.7 Å². The highest BCUT2D eigenvalue weighted by Gasteiger charge is 2.23. The van der Waals surface area contributed by atoms with Gasteiger partial charge in [-0.05, 0) is 32.6 Å². The van der Waals surface area contributed by atoms with Crippen LogP contribution in [0.4, 0.5) is 0 Å². The van der Waals surface area contributed by atoms with Gasteiger partial charge in [-0.1, -0.05) is 40.0 Å². The minimum absolute atomic E-state index is 0.0204. The van der Waals surface area contributed by atoms with Crippen LogP contribution in [0.2, 0.25) is 0 Å². The van der Waals surface area contributed by atoms with Crippen LogP contribution in [0, 0.1) is 0 Å². The average molecular weight is 469 g/mol. The third kappa shape index (κ3) is 19.5. The Balaban J connectivity index is 0. The summed E-state index contributed by atoms with van der Waals surface area (Å²) >= 11 is 0. The standard InChI is InChI=1S/C11H21O4P.C11H25O2P/c1-3-4-7-16(15,8-5-10(2)12)9-6-11(13)14;1-3-5-9-14(13,10-6-4-2)11-7-8-12/h3-9H2,1-2H3,(H,13,14);12H,3-11H2,1-2H3. The van der Waals surface area contributed by atoms with Crippen molar-refractivity contribution in [3.8, 4) is 0 Å². The van der Waals surface area contributed by atoms with Crippen LogP contribution in [0.1, 0.15) is 85.5 Å². The third-order valence-electron chi connectivity index (χ3n) is 5.09. The Morgan fingerprint density at radius 2 is 1.03 bits per heavy atom. The molecule has 6 nitrogen and oxygen atoms in total. The zero-order valence-electron chi connectivity index (χ0n) is 19.7. The molecule has 0 saturated carbocycles. The molecule has 180 valence electrons. The second-order valence-corrected chi connectivity index (χ2v) is 15.1. The van der Waals surface area contributed by atoms with Crippen LogP contribution in [-0.2, 0) is 18.7 Å². The summed E-state index contributed by atoms with van der Waals surface area (Å²) < 4.78 is 24.7. The Bertz CT molecular complexity index is 497. The number of ketones is 1. The van der Waals surface area contributed by atoms with Crippen molar-refractivity contribution in [1.29, 1.82) is 0 Å². The van der Waals surface area contributed by atoms with Gasteiger partial charge in [0.1, 0.15) is 5.78 Å². The first kappa shape index (κ1) is 31.7. The van der Waals surface area contributed by atoms with Gasteiger partial charge in [0.2, 0.25) is 0 Å². The molecule has 2 N–H and O–H groups in total. The zero-order valence-corrected chi connectivity index (χ0v) is 21.5. The second kappa shape index (κ2) is 19.3. The van der Waals surface area contributed by atoms with Gasteiger partial charge < -0.3 is 24.1 Å². The molecule has 0 aliphatic heterocycles. The highest BCUT2D eigenvalue weighted by Crippen LogP contribution is 2.48. The number of carboxylic acids is 1. The summed E-state index contributed by atoms with van der Waals surface area (Å²) in [5.74, 6) is -0.897. The van der Waals surface area contributed by atoms with E-state index >= 15 is 0 Å². The Hall–Kier alpha value is -0.440. The van der Waals surface area contributed by atoms with Crippen molar-refractivity contribution in [1.82, 2.24) is 0 Å². The van der Waals surface area contributed by atoms with E-state index in [-0.39, 0.29) is 25.0 Å². The lowest BCUT2D eigenvalue weighted by Crippen LogP contribution is -2.07. The number of carboxylic acid groups (broad SMARTS) is 1. The Morgan fingerprint density at radius 1 is 0.667 bits per heavy atom. The molecule has 0 amide bonds. The van der Waals surface area contributed by atoms with Gasteiger partial charge in [-0.25, -0.2) is 0 Å². The van der Waals surface area contributed by atoms with E-state index in [4.69, 9.17) is 10.2 Å². The van der Waals surface area contributed by atoms with Gasteiger partial charge >= 0.3 is 5.97 Å². The minimum atomic E-state index is -2.45. The highest BCUT2D eigenvalue weighted by atomic mass is 31.2. The number of hydrogen-bond donors (Lipinski definition) is 2. The van der Waals surface area contributed by atoms with Crippen molar-refractivity contribution in [2.45, 2.75) is 85.5 Å². The molecule has 0 aromatic heterocycles. The number of carbonyl (C=O) groups is 2. The number of aliphatic carboxylic acids is 1. The van der Waals surface area contributed by atoms with Gasteiger partial charge in [0.25, 0.3) is 0 Å². The molecular formula is C22H46O6P2. The summed E-state index contributed by atoms with van der Waals surface area (Å²) in [7, 11) is -4.37. The lowest BCUT2D eigenvalue weighted by molar-refractivity contribution is -0.136. The molecule has 0 saturated heterocycles. The van der Waals surface area contributed by atoms with Crippen LogP contribution in [0.25, 0.3) is 0 Å². The first-order valence-electron chi connectivity index (χ1n) is 11.5. The van der Waals surface area contributed by atoms with E-state index in [9.17, 15) is 18.7 Å². The first-order chi connectivity index (χ1) is 14.1. The van der Waals surface area contributed by atoms with Crippen molar-refractivity contribution in [2.75, 3.05) is 43.6 Å². The van der Waals surface area contributed by atoms with Crippen molar-refractivity contribution < 1.29 is 28.9 Å². The van der Waals surface area contributed by atoms with Crippen LogP contribution in [0.5, 0.6) is 0 Å². The Kier molecular flexibility index (Phi) is 20.4. The maximum Gasteiger partial charge on any atom is 0.303 e. The molecule has 0 bridgehead atoms. The molecule has 0 rings (SSSR count).